The third kappa shape index (κ3) is 3.30. The summed E-state index contributed by atoms with van der Waals surface area (Å²) in [5.74, 6) is 1.39. The first-order valence-electron chi connectivity index (χ1n) is 9.35. The maximum atomic E-state index is 11.5. The van der Waals surface area contributed by atoms with Crippen LogP contribution in [0.3, 0.4) is 0 Å². The van der Waals surface area contributed by atoms with E-state index in [1.807, 2.05) is 15.8 Å². The first-order valence-corrected chi connectivity index (χ1v) is 9.35. The molecule has 0 saturated carbocycles. The number of carbonyl (C=O) groups excluding carboxylic acids is 1. The van der Waals surface area contributed by atoms with Crippen LogP contribution in [-0.2, 0) is 4.79 Å². The Morgan fingerprint density at radius 3 is 2.90 bits per heavy atom. The summed E-state index contributed by atoms with van der Waals surface area (Å²) < 4.78 is 7.26. The Morgan fingerprint density at radius 2 is 2.14 bits per heavy atom. The summed E-state index contributed by atoms with van der Waals surface area (Å²) in [6.07, 6.45) is 10.1. The fourth-order valence-electron chi connectivity index (χ4n) is 3.54. The van der Waals surface area contributed by atoms with Gasteiger partial charge in [-0.3, -0.25) is 14.6 Å². The van der Waals surface area contributed by atoms with Crippen LogP contribution in [0.1, 0.15) is 25.8 Å². The number of H-pyrrole nitrogens is 1. The van der Waals surface area contributed by atoms with Crippen LogP contribution in [-0.4, -0.2) is 58.8 Å². The Bertz CT molecular complexity index is 1140. The molecule has 1 saturated heterocycles. The van der Waals surface area contributed by atoms with Crippen molar-refractivity contribution in [3.8, 4) is 11.7 Å². The van der Waals surface area contributed by atoms with E-state index in [4.69, 9.17) is 4.42 Å². The molecule has 0 atom stereocenters. The number of piperidine rings is 1. The number of hydrogen-bond donors (Lipinski definition) is 2. The first-order chi connectivity index (χ1) is 14.2. The molecular weight excluding hydrogens is 374 g/mol. The van der Waals surface area contributed by atoms with Gasteiger partial charge in [0.1, 0.15) is 17.3 Å². The van der Waals surface area contributed by atoms with E-state index in [0.717, 1.165) is 31.6 Å². The molecule has 2 N–H and O–H groups in total. The molecule has 29 heavy (non-hydrogen) atoms. The lowest BCUT2D eigenvalue weighted by atomic mass is 10.1. The number of carbonyl (C=O) groups is 1. The highest BCUT2D eigenvalue weighted by Crippen LogP contribution is 2.27. The number of nitrogens with one attached hydrogen (secondary N) is 2. The summed E-state index contributed by atoms with van der Waals surface area (Å²) in [6, 6.07) is 0.265. The van der Waals surface area contributed by atoms with Crippen LogP contribution in [0.15, 0.2) is 35.5 Å². The maximum absolute atomic E-state index is 11.5. The highest BCUT2D eigenvalue weighted by molar-refractivity contribution is 5.87. The summed E-state index contributed by atoms with van der Waals surface area (Å²) in [5, 5.41) is 14.7. The van der Waals surface area contributed by atoms with Gasteiger partial charge in [-0.25, -0.2) is 15.0 Å². The molecule has 0 unspecified atom stereocenters. The molecule has 0 radical (unpaired) electrons. The lowest BCUT2D eigenvalue weighted by Crippen LogP contribution is -2.37. The molecular formula is C18H19N9O2. The highest BCUT2D eigenvalue weighted by atomic mass is 16.3. The Hall–Kier alpha value is -3.76. The van der Waals surface area contributed by atoms with Crippen molar-refractivity contribution in [2.24, 2.45) is 0 Å². The van der Waals surface area contributed by atoms with Gasteiger partial charge in [-0.05, 0) is 12.8 Å². The number of nitrogens with zero attached hydrogens (tertiary/aromatic N) is 7. The van der Waals surface area contributed by atoms with E-state index in [2.05, 4.69) is 35.6 Å². The largest absolute Gasteiger partial charge is 0.442 e. The molecule has 1 amide bonds. The van der Waals surface area contributed by atoms with Crippen molar-refractivity contribution in [1.29, 1.82) is 0 Å². The van der Waals surface area contributed by atoms with Crippen LogP contribution < -0.4 is 5.32 Å². The van der Waals surface area contributed by atoms with Crippen molar-refractivity contribution in [3.05, 3.63) is 31.1 Å². The average molecular weight is 393 g/mol. The zero-order chi connectivity index (χ0) is 19.8. The second-order valence-electron chi connectivity index (χ2n) is 6.93. The fourth-order valence-corrected chi connectivity index (χ4v) is 3.54. The van der Waals surface area contributed by atoms with Crippen LogP contribution in [0.5, 0.6) is 0 Å². The smallest absolute Gasteiger partial charge is 0.264 e. The van der Waals surface area contributed by atoms with Gasteiger partial charge in [0.2, 0.25) is 11.7 Å². The van der Waals surface area contributed by atoms with Crippen molar-refractivity contribution in [3.63, 3.8) is 0 Å². The van der Waals surface area contributed by atoms with E-state index in [1.165, 1.54) is 6.26 Å². The van der Waals surface area contributed by atoms with E-state index in [1.54, 1.807) is 25.5 Å². The number of oxazole rings is 1. The predicted octanol–water partition coefficient (Wildman–Crippen LogP) is 2.13. The molecule has 4 aromatic rings. The maximum Gasteiger partial charge on any atom is 0.264 e. The van der Waals surface area contributed by atoms with Crippen LogP contribution in [0.2, 0.25) is 0 Å². The van der Waals surface area contributed by atoms with Crippen LogP contribution in [0, 0.1) is 0 Å². The number of hydrogen-bond acceptors (Lipinski definition) is 8. The normalized spacial score (nSPS) is 15.1. The van der Waals surface area contributed by atoms with E-state index in [0.29, 0.717) is 28.6 Å². The summed E-state index contributed by atoms with van der Waals surface area (Å²) >= 11 is 0. The molecule has 0 spiro atoms. The molecule has 1 fully saturated rings. The molecule has 0 bridgehead atoms. The SMILES string of the molecule is CC(=O)N1CCC(n2cc(Nc3nc(-c4ncco4)nc4cn[nH]c34)cn2)CC1. The first kappa shape index (κ1) is 17.3. The number of rotatable bonds is 4. The number of likely N-dealkylation sites (tertiary alicyclic amines) is 1. The Morgan fingerprint density at radius 1 is 1.28 bits per heavy atom. The molecule has 5 rings (SSSR count). The topological polar surface area (TPSA) is 131 Å². The molecule has 5 heterocycles. The molecule has 0 aromatic carbocycles. The zero-order valence-electron chi connectivity index (χ0n) is 15.7. The molecule has 1 aliphatic heterocycles. The van der Waals surface area contributed by atoms with Crippen molar-refractivity contribution < 1.29 is 9.21 Å². The summed E-state index contributed by atoms with van der Waals surface area (Å²) in [6.45, 7) is 3.12. The summed E-state index contributed by atoms with van der Waals surface area (Å²) in [5.41, 5.74) is 2.13. The summed E-state index contributed by atoms with van der Waals surface area (Å²) in [7, 11) is 0. The minimum Gasteiger partial charge on any atom is -0.442 e. The minimum absolute atomic E-state index is 0.125. The van der Waals surface area contributed by atoms with Gasteiger partial charge in [-0.15, -0.1) is 0 Å². The number of amides is 1. The molecule has 11 nitrogen and oxygen atoms in total. The number of aromatic amines is 1. The molecule has 148 valence electrons. The quantitative estimate of drug-likeness (QED) is 0.539. The van der Waals surface area contributed by atoms with E-state index in [-0.39, 0.29) is 11.9 Å². The third-order valence-electron chi connectivity index (χ3n) is 5.07. The van der Waals surface area contributed by atoms with Gasteiger partial charge >= 0.3 is 0 Å². The molecule has 4 aromatic heterocycles. The second-order valence-corrected chi connectivity index (χ2v) is 6.93. The predicted molar refractivity (Wildman–Crippen MR) is 103 cm³/mol. The Balaban J connectivity index is 1.38. The van der Waals surface area contributed by atoms with Crippen LogP contribution in [0.25, 0.3) is 22.7 Å². The Labute approximate surface area is 165 Å². The van der Waals surface area contributed by atoms with Gasteiger partial charge in [0.25, 0.3) is 5.89 Å². The standard InChI is InChI=1S/C18H19N9O2/c1-11(28)26-5-2-13(3-6-26)27-10-12(8-21-27)22-16-15-14(9-20-25-15)23-17(24-16)18-19-4-7-29-18/h4,7-10,13H,2-3,5-6H2,1H3,(H,20,25)(H,22,23,24). The van der Waals surface area contributed by atoms with Crippen molar-refractivity contribution in [1.82, 2.24) is 39.8 Å². The monoisotopic (exact) mass is 393 g/mol. The van der Waals surface area contributed by atoms with E-state index < -0.39 is 0 Å². The number of aromatic nitrogens is 7. The molecule has 11 heteroatoms. The molecule has 1 aliphatic rings. The van der Waals surface area contributed by atoms with Crippen LogP contribution >= 0.6 is 0 Å². The van der Waals surface area contributed by atoms with Crippen molar-refractivity contribution >= 4 is 28.4 Å². The average Bonchev–Trinajstić information content (AvgIpc) is 3.49. The van der Waals surface area contributed by atoms with Gasteiger partial charge in [0, 0.05) is 26.2 Å². The van der Waals surface area contributed by atoms with Gasteiger partial charge in [0.05, 0.1) is 30.3 Å². The number of fused-ring (bicyclic) bond motifs is 1. The van der Waals surface area contributed by atoms with Gasteiger partial charge in [0.15, 0.2) is 5.82 Å². The van der Waals surface area contributed by atoms with Crippen molar-refractivity contribution in [2.45, 2.75) is 25.8 Å². The molecule has 0 aliphatic carbocycles. The van der Waals surface area contributed by atoms with Gasteiger partial charge in [-0.1, -0.05) is 0 Å². The zero-order valence-corrected chi connectivity index (χ0v) is 15.7. The third-order valence-corrected chi connectivity index (χ3v) is 5.07. The van der Waals surface area contributed by atoms with Gasteiger partial charge < -0.3 is 14.6 Å². The van der Waals surface area contributed by atoms with Crippen LogP contribution in [0.4, 0.5) is 11.5 Å². The highest BCUT2D eigenvalue weighted by Gasteiger charge is 2.22. The lowest BCUT2D eigenvalue weighted by Gasteiger charge is -2.31. The summed E-state index contributed by atoms with van der Waals surface area (Å²) in [4.78, 5) is 26.5. The Kier molecular flexibility index (Phi) is 4.19. The second kappa shape index (κ2) is 7.00. The van der Waals surface area contributed by atoms with Crippen molar-refractivity contribution in [2.75, 3.05) is 18.4 Å². The fraction of sp³-hybridized carbons (Fsp3) is 0.333. The lowest BCUT2D eigenvalue weighted by molar-refractivity contribution is -0.130. The van der Waals surface area contributed by atoms with E-state index >= 15 is 0 Å². The van der Waals surface area contributed by atoms with E-state index in [9.17, 15) is 4.79 Å². The van der Waals surface area contributed by atoms with Gasteiger partial charge in [-0.2, -0.15) is 10.2 Å². The number of anilines is 2. The minimum atomic E-state index is 0.125.